The van der Waals surface area contributed by atoms with Crippen LogP contribution in [-0.4, -0.2) is 11.7 Å². The SMILES string of the molecule is CC(c1ccc2c(c1O)CCN2)C1CC1. The number of nitrogens with one attached hydrogen (secondary N) is 1. The van der Waals surface area contributed by atoms with Crippen LogP contribution < -0.4 is 5.32 Å². The number of phenols is 1. The number of hydrogen-bond donors (Lipinski definition) is 2. The molecule has 2 aliphatic rings. The third-order valence-electron chi connectivity index (χ3n) is 3.82. The monoisotopic (exact) mass is 203 g/mol. The topological polar surface area (TPSA) is 32.3 Å². The highest BCUT2D eigenvalue weighted by Crippen LogP contribution is 2.46. The van der Waals surface area contributed by atoms with Gasteiger partial charge in [0.1, 0.15) is 5.75 Å². The maximum Gasteiger partial charge on any atom is 0.124 e. The molecule has 1 atom stereocenters. The van der Waals surface area contributed by atoms with E-state index < -0.39 is 0 Å². The van der Waals surface area contributed by atoms with Gasteiger partial charge >= 0.3 is 0 Å². The summed E-state index contributed by atoms with van der Waals surface area (Å²) in [7, 11) is 0. The predicted octanol–water partition coefficient (Wildman–Crippen LogP) is 2.87. The molecule has 1 fully saturated rings. The van der Waals surface area contributed by atoms with E-state index in [9.17, 15) is 5.11 Å². The Morgan fingerprint density at radius 1 is 1.40 bits per heavy atom. The molecule has 1 aliphatic heterocycles. The fourth-order valence-corrected chi connectivity index (χ4v) is 2.61. The largest absolute Gasteiger partial charge is 0.507 e. The number of fused-ring (bicyclic) bond motifs is 1. The zero-order valence-corrected chi connectivity index (χ0v) is 9.09. The zero-order chi connectivity index (χ0) is 10.4. The van der Waals surface area contributed by atoms with Crippen LogP contribution in [0, 0.1) is 5.92 Å². The standard InChI is InChI=1S/C13H17NO/c1-8(9-2-3-9)10-4-5-12-11(13(10)15)6-7-14-12/h4-5,8-9,14-15H,2-3,6-7H2,1H3. The van der Waals surface area contributed by atoms with E-state index in [4.69, 9.17) is 0 Å². The minimum atomic E-state index is 0.524. The fraction of sp³-hybridized carbons (Fsp3) is 0.538. The van der Waals surface area contributed by atoms with Crippen molar-refractivity contribution in [3.63, 3.8) is 0 Å². The zero-order valence-electron chi connectivity index (χ0n) is 9.09. The van der Waals surface area contributed by atoms with Crippen molar-refractivity contribution in [3.05, 3.63) is 23.3 Å². The molecule has 1 heterocycles. The van der Waals surface area contributed by atoms with E-state index in [1.807, 2.05) is 0 Å². The highest BCUT2D eigenvalue weighted by Gasteiger charge is 2.31. The van der Waals surface area contributed by atoms with Crippen LogP contribution in [0.1, 0.15) is 36.8 Å². The summed E-state index contributed by atoms with van der Waals surface area (Å²) in [5.74, 6) is 1.89. The Balaban J connectivity index is 2.01. The smallest absolute Gasteiger partial charge is 0.124 e. The molecule has 0 saturated heterocycles. The van der Waals surface area contributed by atoms with E-state index in [-0.39, 0.29) is 0 Å². The predicted molar refractivity (Wildman–Crippen MR) is 61.4 cm³/mol. The molecule has 0 aromatic heterocycles. The lowest BCUT2D eigenvalue weighted by molar-refractivity contribution is 0.454. The summed E-state index contributed by atoms with van der Waals surface area (Å²) in [4.78, 5) is 0. The van der Waals surface area contributed by atoms with E-state index in [2.05, 4.69) is 24.4 Å². The average molecular weight is 203 g/mol. The van der Waals surface area contributed by atoms with Gasteiger partial charge in [0, 0.05) is 17.8 Å². The van der Waals surface area contributed by atoms with Gasteiger partial charge in [0.15, 0.2) is 0 Å². The Labute approximate surface area is 90.3 Å². The minimum Gasteiger partial charge on any atom is -0.507 e. The number of benzene rings is 1. The molecule has 0 radical (unpaired) electrons. The molecule has 1 aromatic carbocycles. The van der Waals surface area contributed by atoms with E-state index in [1.54, 1.807) is 0 Å². The van der Waals surface area contributed by atoms with Crippen LogP contribution in [0.5, 0.6) is 5.75 Å². The van der Waals surface area contributed by atoms with Crippen molar-refractivity contribution in [2.45, 2.75) is 32.1 Å². The second kappa shape index (κ2) is 3.16. The maximum atomic E-state index is 10.2. The lowest BCUT2D eigenvalue weighted by Gasteiger charge is -2.15. The van der Waals surface area contributed by atoms with Gasteiger partial charge in [0.25, 0.3) is 0 Å². The number of anilines is 1. The molecule has 3 rings (SSSR count). The van der Waals surface area contributed by atoms with Crippen molar-refractivity contribution in [2.75, 3.05) is 11.9 Å². The molecule has 2 nitrogen and oxygen atoms in total. The molecule has 0 spiro atoms. The number of rotatable bonds is 2. The summed E-state index contributed by atoms with van der Waals surface area (Å²) in [6.45, 7) is 3.20. The van der Waals surface area contributed by atoms with Gasteiger partial charge in [-0.25, -0.2) is 0 Å². The normalized spacial score (nSPS) is 20.9. The van der Waals surface area contributed by atoms with E-state index in [0.717, 1.165) is 35.7 Å². The average Bonchev–Trinajstić information content (AvgIpc) is 2.97. The fourth-order valence-electron chi connectivity index (χ4n) is 2.61. The van der Waals surface area contributed by atoms with Crippen molar-refractivity contribution in [3.8, 4) is 5.75 Å². The number of aromatic hydroxyl groups is 1. The van der Waals surface area contributed by atoms with Crippen molar-refractivity contribution in [2.24, 2.45) is 5.92 Å². The molecular weight excluding hydrogens is 186 g/mol. The molecule has 15 heavy (non-hydrogen) atoms. The molecule has 1 aromatic rings. The highest BCUT2D eigenvalue weighted by atomic mass is 16.3. The Morgan fingerprint density at radius 2 is 2.20 bits per heavy atom. The van der Waals surface area contributed by atoms with Crippen LogP contribution in [-0.2, 0) is 6.42 Å². The first kappa shape index (κ1) is 9.08. The van der Waals surface area contributed by atoms with Crippen LogP contribution in [0.4, 0.5) is 5.69 Å². The Morgan fingerprint density at radius 3 is 2.93 bits per heavy atom. The third-order valence-corrected chi connectivity index (χ3v) is 3.82. The van der Waals surface area contributed by atoms with Gasteiger partial charge in [-0.15, -0.1) is 0 Å². The summed E-state index contributed by atoms with van der Waals surface area (Å²) in [5, 5.41) is 13.5. The van der Waals surface area contributed by atoms with Crippen LogP contribution >= 0.6 is 0 Å². The van der Waals surface area contributed by atoms with Crippen molar-refractivity contribution < 1.29 is 5.11 Å². The van der Waals surface area contributed by atoms with E-state index in [1.165, 1.54) is 12.8 Å². The quantitative estimate of drug-likeness (QED) is 0.774. The molecule has 0 amide bonds. The lowest BCUT2D eigenvalue weighted by atomic mass is 9.93. The van der Waals surface area contributed by atoms with Crippen molar-refractivity contribution in [1.29, 1.82) is 0 Å². The Hall–Kier alpha value is -1.18. The minimum absolute atomic E-state index is 0.524. The van der Waals surface area contributed by atoms with Gasteiger partial charge < -0.3 is 10.4 Å². The third kappa shape index (κ3) is 1.39. The van der Waals surface area contributed by atoms with E-state index >= 15 is 0 Å². The summed E-state index contributed by atoms with van der Waals surface area (Å²) in [6, 6.07) is 4.21. The maximum absolute atomic E-state index is 10.2. The van der Waals surface area contributed by atoms with Gasteiger partial charge in [-0.1, -0.05) is 13.0 Å². The molecule has 2 heteroatoms. The molecule has 1 unspecified atom stereocenters. The van der Waals surface area contributed by atoms with Crippen LogP contribution in [0.15, 0.2) is 12.1 Å². The number of phenolic OH excluding ortho intramolecular Hbond substituents is 1. The summed E-state index contributed by atoms with van der Waals surface area (Å²) < 4.78 is 0. The van der Waals surface area contributed by atoms with Gasteiger partial charge in [-0.2, -0.15) is 0 Å². The summed E-state index contributed by atoms with van der Waals surface area (Å²) in [5.41, 5.74) is 3.40. The molecule has 1 aliphatic carbocycles. The first-order valence-corrected chi connectivity index (χ1v) is 5.86. The molecule has 0 bridgehead atoms. The molecule has 1 saturated carbocycles. The highest BCUT2D eigenvalue weighted by molar-refractivity contribution is 5.63. The lowest BCUT2D eigenvalue weighted by Crippen LogP contribution is -1.97. The first-order valence-electron chi connectivity index (χ1n) is 5.86. The second-order valence-corrected chi connectivity index (χ2v) is 4.83. The van der Waals surface area contributed by atoms with Crippen LogP contribution in [0.25, 0.3) is 0 Å². The molecule has 80 valence electrons. The first-order chi connectivity index (χ1) is 7.27. The van der Waals surface area contributed by atoms with Gasteiger partial charge in [0.2, 0.25) is 0 Å². The second-order valence-electron chi connectivity index (χ2n) is 4.83. The molecule has 2 N–H and O–H groups in total. The van der Waals surface area contributed by atoms with Gasteiger partial charge in [-0.3, -0.25) is 0 Å². The summed E-state index contributed by atoms with van der Waals surface area (Å²) in [6.07, 6.45) is 3.62. The van der Waals surface area contributed by atoms with Crippen LogP contribution in [0.3, 0.4) is 0 Å². The van der Waals surface area contributed by atoms with Gasteiger partial charge in [-0.05, 0) is 42.7 Å². The van der Waals surface area contributed by atoms with Crippen molar-refractivity contribution >= 4 is 5.69 Å². The summed E-state index contributed by atoms with van der Waals surface area (Å²) >= 11 is 0. The Bertz CT molecular complexity index is 396. The van der Waals surface area contributed by atoms with Crippen molar-refractivity contribution in [1.82, 2.24) is 0 Å². The molecular formula is C13H17NO. The Kier molecular flexibility index (Phi) is 1.91. The number of hydrogen-bond acceptors (Lipinski definition) is 2. The van der Waals surface area contributed by atoms with Gasteiger partial charge in [0.05, 0.1) is 0 Å². The van der Waals surface area contributed by atoms with E-state index in [0.29, 0.717) is 11.7 Å². The van der Waals surface area contributed by atoms with Crippen LogP contribution in [0.2, 0.25) is 0 Å².